The van der Waals surface area contributed by atoms with Crippen LogP contribution in [0.5, 0.6) is 0 Å². The molecule has 144 valence electrons. The van der Waals surface area contributed by atoms with Crippen molar-refractivity contribution in [2.24, 2.45) is 0 Å². The van der Waals surface area contributed by atoms with Crippen molar-refractivity contribution < 1.29 is 14.4 Å². The number of likely N-dealkylation sites (N-methyl/N-ethyl adjacent to an activating group) is 1. The van der Waals surface area contributed by atoms with Crippen LogP contribution in [0.2, 0.25) is 0 Å². The first-order valence-electron chi connectivity index (χ1n) is 8.85. The van der Waals surface area contributed by atoms with E-state index in [-0.39, 0.29) is 19.1 Å². The zero-order valence-electron chi connectivity index (χ0n) is 15.6. The summed E-state index contributed by atoms with van der Waals surface area (Å²) in [5.74, 6) is -1.41. The van der Waals surface area contributed by atoms with Gasteiger partial charge in [-0.25, -0.2) is 4.79 Å². The fourth-order valence-corrected chi connectivity index (χ4v) is 3.93. The fourth-order valence-electron chi connectivity index (χ4n) is 3.22. The van der Waals surface area contributed by atoms with Crippen molar-refractivity contribution in [2.45, 2.75) is 26.8 Å². The van der Waals surface area contributed by atoms with Crippen LogP contribution in [0.3, 0.4) is 0 Å². The highest BCUT2D eigenvalue weighted by Gasteiger charge is 2.35. The summed E-state index contributed by atoms with van der Waals surface area (Å²) in [6, 6.07) is 3.24. The second-order valence-corrected chi connectivity index (χ2v) is 7.25. The van der Waals surface area contributed by atoms with E-state index in [1.54, 1.807) is 18.3 Å². The van der Waals surface area contributed by atoms with Crippen LogP contribution in [-0.4, -0.2) is 63.6 Å². The molecule has 0 unspecified atom stereocenters. The van der Waals surface area contributed by atoms with E-state index in [2.05, 4.69) is 10.4 Å². The lowest BCUT2D eigenvalue weighted by Crippen LogP contribution is -2.58. The van der Waals surface area contributed by atoms with E-state index in [0.717, 1.165) is 21.9 Å². The van der Waals surface area contributed by atoms with Crippen LogP contribution in [-0.2, 0) is 9.59 Å². The summed E-state index contributed by atoms with van der Waals surface area (Å²) in [6.07, 6.45) is 0. The number of urea groups is 1. The number of hydrogen-bond donors (Lipinski definition) is 1. The second-order valence-electron chi connectivity index (χ2n) is 6.47. The molecule has 1 aliphatic rings. The maximum Gasteiger partial charge on any atom is 0.324 e. The van der Waals surface area contributed by atoms with Crippen LogP contribution < -0.4 is 5.32 Å². The number of piperazine rings is 1. The van der Waals surface area contributed by atoms with E-state index in [4.69, 9.17) is 0 Å². The van der Waals surface area contributed by atoms with Crippen molar-refractivity contribution in [3.63, 3.8) is 0 Å². The Labute approximate surface area is 161 Å². The Morgan fingerprint density at radius 2 is 2.07 bits per heavy atom. The van der Waals surface area contributed by atoms with Gasteiger partial charge in [0.2, 0.25) is 0 Å². The molecule has 9 heteroatoms. The quantitative estimate of drug-likeness (QED) is 0.786. The highest BCUT2D eigenvalue weighted by Crippen LogP contribution is 2.22. The van der Waals surface area contributed by atoms with Gasteiger partial charge in [-0.15, -0.1) is 0 Å². The number of nitrogens with zero attached hydrogens (tertiary/aromatic N) is 4. The summed E-state index contributed by atoms with van der Waals surface area (Å²) in [7, 11) is 0. The molecule has 1 fully saturated rings. The van der Waals surface area contributed by atoms with Gasteiger partial charge in [0.25, 0.3) is 0 Å². The molecule has 2 aromatic rings. The van der Waals surface area contributed by atoms with Crippen molar-refractivity contribution in [3.05, 3.63) is 39.8 Å². The first-order chi connectivity index (χ1) is 12.9. The van der Waals surface area contributed by atoms with E-state index in [9.17, 15) is 14.4 Å². The minimum absolute atomic E-state index is 0.184. The molecule has 2 aromatic heterocycles. The molecule has 0 radical (unpaired) electrons. The number of thiophene rings is 1. The molecule has 1 aliphatic heterocycles. The normalized spacial score (nSPS) is 16.0. The molecule has 8 nitrogen and oxygen atoms in total. The van der Waals surface area contributed by atoms with Gasteiger partial charge in [-0.1, -0.05) is 0 Å². The zero-order chi connectivity index (χ0) is 19.6. The fraction of sp³-hybridized carbons (Fsp3) is 0.444. The molecule has 27 heavy (non-hydrogen) atoms. The maximum atomic E-state index is 12.5. The first-order valence-corrected chi connectivity index (χ1v) is 9.80. The third kappa shape index (κ3) is 3.87. The minimum atomic E-state index is -0.779. The molecule has 0 spiro atoms. The van der Waals surface area contributed by atoms with Crippen LogP contribution in [0.1, 0.15) is 29.9 Å². The SMILES string of the molecule is CCN1CCN(C(=O)NC[C@H](c2ccsc2)n2nc(C)cc2C)C(=O)C1=O. The molecular formula is C18H23N5O3S. The molecule has 3 heterocycles. The van der Waals surface area contributed by atoms with Crippen LogP contribution in [0, 0.1) is 13.8 Å². The van der Waals surface area contributed by atoms with Crippen molar-refractivity contribution in [2.75, 3.05) is 26.2 Å². The van der Waals surface area contributed by atoms with Crippen molar-refractivity contribution in [1.29, 1.82) is 0 Å². The van der Waals surface area contributed by atoms with E-state index < -0.39 is 17.8 Å². The number of aromatic nitrogens is 2. The number of aryl methyl sites for hydroxylation is 2. The molecule has 0 aliphatic carbocycles. The van der Waals surface area contributed by atoms with Gasteiger partial charge in [-0.2, -0.15) is 16.4 Å². The molecule has 0 aromatic carbocycles. The highest BCUT2D eigenvalue weighted by molar-refractivity contribution is 7.08. The lowest BCUT2D eigenvalue weighted by atomic mass is 10.1. The van der Waals surface area contributed by atoms with Crippen LogP contribution in [0.4, 0.5) is 4.79 Å². The molecule has 4 amide bonds. The first kappa shape index (κ1) is 19.1. The number of carbonyl (C=O) groups is 3. The minimum Gasteiger partial charge on any atom is -0.335 e. The van der Waals surface area contributed by atoms with Gasteiger partial charge in [0.05, 0.1) is 11.7 Å². The zero-order valence-corrected chi connectivity index (χ0v) is 16.5. The number of rotatable bonds is 5. The van der Waals surface area contributed by atoms with Gasteiger partial charge in [-0.3, -0.25) is 19.2 Å². The summed E-state index contributed by atoms with van der Waals surface area (Å²) in [4.78, 5) is 39.2. The number of nitrogens with one attached hydrogen (secondary N) is 1. The van der Waals surface area contributed by atoms with Crippen LogP contribution in [0.25, 0.3) is 0 Å². The van der Waals surface area contributed by atoms with Gasteiger partial charge in [0.1, 0.15) is 0 Å². The Morgan fingerprint density at radius 3 is 2.67 bits per heavy atom. The summed E-state index contributed by atoms with van der Waals surface area (Å²) in [5.41, 5.74) is 2.92. The standard InChI is InChI=1S/C18H23N5O3S/c1-4-21-6-7-22(17(25)16(21)24)18(26)19-10-15(14-5-8-27-11-14)23-13(3)9-12(2)20-23/h5,8-9,11,15H,4,6-7,10H2,1-3H3,(H,19,26)/t15-/m1/s1. The van der Waals surface area contributed by atoms with Gasteiger partial charge < -0.3 is 10.2 Å². The lowest BCUT2D eigenvalue weighted by Gasteiger charge is -2.32. The summed E-state index contributed by atoms with van der Waals surface area (Å²) < 4.78 is 1.87. The van der Waals surface area contributed by atoms with Crippen LogP contribution in [0.15, 0.2) is 22.9 Å². The van der Waals surface area contributed by atoms with Gasteiger partial charge in [0, 0.05) is 31.9 Å². The summed E-state index contributed by atoms with van der Waals surface area (Å²) in [6.45, 7) is 6.98. The molecular weight excluding hydrogens is 366 g/mol. The van der Waals surface area contributed by atoms with Crippen LogP contribution >= 0.6 is 11.3 Å². The van der Waals surface area contributed by atoms with E-state index in [0.29, 0.717) is 13.1 Å². The van der Waals surface area contributed by atoms with Crippen molar-refractivity contribution in [3.8, 4) is 0 Å². The van der Waals surface area contributed by atoms with E-state index >= 15 is 0 Å². The smallest absolute Gasteiger partial charge is 0.324 e. The number of hydrogen-bond acceptors (Lipinski definition) is 5. The second kappa shape index (κ2) is 7.91. The highest BCUT2D eigenvalue weighted by atomic mass is 32.1. The predicted molar refractivity (Wildman–Crippen MR) is 102 cm³/mol. The summed E-state index contributed by atoms with van der Waals surface area (Å²) in [5, 5.41) is 11.3. The predicted octanol–water partition coefficient (Wildman–Crippen LogP) is 1.55. The van der Waals surface area contributed by atoms with Gasteiger partial charge >= 0.3 is 17.8 Å². The number of amides is 4. The number of imide groups is 1. The molecule has 0 saturated carbocycles. The van der Waals surface area contributed by atoms with E-state index in [1.807, 2.05) is 41.4 Å². The lowest BCUT2D eigenvalue weighted by molar-refractivity contribution is -0.153. The van der Waals surface area contributed by atoms with Gasteiger partial charge in [0.15, 0.2) is 0 Å². The van der Waals surface area contributed by atoms with E-state index in [1.165, 1.54) is 4.90 Å². The third-order valence-electron chi connectivity index (χ3n) is 4.65. The molecule has 1 atom stereocenters. The van der Waals surface area contributed by atoms with Crippen molar-refractivity contribution >= 4 is 29.2 Å². The third-order valence-corrected chi connectivity index (χ3v) is 5.35. The topological polar surface area (TPSA) is 87.5 Å². The Kier molecular flexibility index (Phi) is 5.59. The average molecular weight is 389 g/mol. The van der Waals surface area contributed by atoms with Gasteiger partial charge in [-0.05, 0) is 49.2 Å². The molecule has 1 N–H and O–H groups in total. The maximum absolute atomic E-state index is 12.5. The Balaban J connectivity index is 1.72. The largest absolute Gasteiger partial charge is 0.335 e. The summed E-state index contributed by atoms with van der Waals surface area (Å²) >= 11 is 1.57. The molecule has 3 rings (SSSR count). The Hall–Kier alpha value is -2.68. The molecule has 0 bridgehead atoms. The number of carbonyl (C=O) groups excluding carboxylic acids is 3. The monoisotopic (exact) mass is 389 g/mol. The van der Waals surface area contributed by atoms with Crippen molar-refractivity contribution in [1.82, 2.24) is 24.9 Å². The molecule has 1 saturated heterocycles. The Morgan fingerprint density at radius 1 is 1.30 bits per heavy atom. The Bertz CT molecular complexity index is 845. The average Bonchev–Trinajstić information content (AvgIpc) is 3.27.